The average molecular weight is 244 g/mol. The molecule has 2 heteroatoms. The molecule has 1 aromatic rings. The van der Waals surface area contributed by atoms with Crippen molar-refractivity contribution in [1.29, 1.82) is 0 Å². The second kappa shape index (κ2) is 6.80. The van der Waals surface area contributed by atoms with Crippen LogP contribution in [0.4, 0.5) is 0 Å². The van der Waals surface area contributed by atoms with Gasteiger partial charge in [0.2, 0.25) is 0 Å². The molecule has 0 aliphatic rings. The normalized spacial score (nSPS) is 11.2. The van der Waals surface area contributed by atoms with E-state index < -0.39 is 5.97 Å². The van der Waals surface area contributed by atoms with Crippen molar-refractivity contribution in [3.05, 3.63) is 52.6 Å². The largest absolute Gasteiger partial charge is 0.478 e. The maximum atomic E-state index is 10.9. The number of hydrogen-bond donors (Lipinski definition) is 1. The van der Waals surface area contributed by atoms with Gasteiger partial charge in [-0.1, -0.05) is 35.4 Å². The Kier molecular flexibility index (Phi) is 5.37. The summed E-state index contributed by atoms with van der Waals surface area (Å²) in [6.45, 7) is 6.26. The molecular formula is C16H20O2. The first-order chi connectivity index (χ1) is 8.49. The van der Waals surface area contributed by atoms with E-state index in [1.54, 1.807) is 18.2 Å². The first-order valence-corrected chi connectivity index (χ1v) is 6.13. The summed E-state index contributed by atoms with van der Waals surface area (Å²) < 4.78 is 0. The van der Waals surface area contributed by atoms with E-state index in [-0.39, 0.29) is 0 Å². The van der Waals surface area contributed by atoms with Gasteiger partial charge in [-0.05, 0) is 51.3 Å². The molecule has 96 valence electrons. The third-order valence-corrected chi connectivity index (χ3v) is 2.64. The van der Waals surface area contributed by atoms with Crippen LogP contribution < -0.4 is 0 Å². The van der Waals surface area contributed by atoms with Gasteiger partial charge in [-0.15, -0.1) is 0 Å². The predicted molar refractivity (Wildman–Crippen MR) is 75.7 cm³/mol. The van der Waals surface area contributed by atoms with Gasteiger partial charge in [0.1, 0.15) is 0 Å². The van der Waals surface area contributed by atoms with E-state index in [2.05, 4.69) is 26.8 Å². The number of rotatable bonds is 5. The number of carbonyl (C=O) groups is 1. The lowest BCUT2D eigenvalue weighted by Gasteiger charge is -2.01. The Morgan fingerprint density at radius 1 is 1.28 bits per heavy atom. The first-order valence-electron chi connectivity index (χ1n) is 6.13. The van der Waals surface area contributed by atoms with Crippen LogP contribution in [0.3, 0.4) is 0 Å². The Balaban J connectivity index is 2.73. The van der Waals surface area contributed by atoms with Gasteiger partial charge < -0.3 is 5.11 Å². The lowest BCUT2D eigenvalue weighted by molar-refractivity contribution is 0.0697. The van der Waals surface area contributed by atoms with Crippen molar-refractivity contribution in [1.82, 2.24) is 0 Å². The molecule has 0 unspecified atom stereocenters. The summed E-state index contributed by atoms with van der Waals surface area (Å²) in [5, 5.41) is 8.92. The Morgan fingerprint density at radius 3 is 2.61 bits per heavy atom. The number of hydrogen-bond acceptors (Lipinski definition) is 1. The molecule has 0 atom stereocenters. The zero-order chi connectivity index (χ0) is 13.5. The van der Waals surface area contributed by atoms with Gasteiger partial charge in [0, 0.05) is 0 Å². The number of benzene rings is 1. The molecule has 0 spiro atoms. The SMILES string of the molecule is CC(C)=CCCC(C)=Cc1cccc(C(=O)O)c1. The Labute approximate surface area is 109 Å². The van der Waals surface area contributed by atoms with E-state index in [0.29, 0.717) is 5.56 Å². The van der Waals surface area contributed by atoms with Gasteiger partial charge in [0.25, 0.3) is 0 Å². The molecule has 0 bridgehead atoms. The number of aromatic carboxylic acids is 1. The molecule has 0 amide bonds. The van der Waals surface area contributed by atoms with Crippen LogP contribution in [0.15, 0.2) is 41.5 Å². The third kappa shape index (κ3) is 5.00. The highest BCUT2D eigenvalue weighted by atomic mass is 16.4. The van der Waals surface area contributed by atoms with E-state index in [1.165, 1.54) is 11.1 Å². The fourth-order valence-corrected chi connectivity index (χ4v) is 1.71. The molecule has 1 rings (SSSR count). The van der Waals surface area contributed by atoms with Crippen LogP contribution in [0.25, 0.3) is 6.08 Å². The zero-order valence-corrected chi connectivity index (χ0v) is 11.2. The lowest BCUT2D eigenvalue weighted by Crippen LogP contribution is -1.95. The summed E-state index contributed by atoms with van der Waals surface area (Å²) in [6, 6.07) is 7.01. The monoisotopic (exact) mass is 244 g/mol. The summed E-state index contributed by atoms with van der Waals surface area (Å²) in [7, 11) is 0. The van der Waals surface area contributed by atoms with Crippen LogP contribution in [0, 0.1) is 0 Å². The minimum absolute atomic E-state index is 0.334. The van der Waals surface area contributed by atoms with Crippen LogP contribution >= 0.6 is 0 Å². The highest BCUT2D eigenvalue weighted by Crippen LogP contribution is 2.13. The molecule has 0 radical (unpaired) electrons. The number of carboxylic acids is 1. The topological polar surface area (TPSA) is 37.3 Å². The smallest absolute Gasteiger partial charge is 0.335 e. The van der Waals surface area contributed by atoms with Crippen LogP contribution in [0.5, 0.6) is 0 Å². The summed E-state index contributed by atoms with van der Waals surface area (Å²) >= 11 is 0. The van der Waals surface area contributed by atoms with Gasteiger partial charge in [-0.3, -0.25) is 0 Å². The van der Waals surface area contributed by atoms with Crippen molar-refractivity contribution in [2.45, 2.75) is 33.6 Å². The molecule has 1 aromatic carbocycles. The van der Waals surface area contributed by atoms with Crippen molar-refractivity contribution in [2.24, 2.45) is 0 Å². The van der Waals surface area contributed by atoms with E-state index in [4.69, 9.17) is 5.11 Å². The molecule has 0 saturated heterocycles. The highest BCUT2D eigenvalue weighted by molar-refractivity contribution is 5.88. The highest BCUT2D eigenvalue weighted by Gasteiger charge is 2.01. The minimum Gasteiger partial charge on any atom is -0.478 e. The van der Waals surface area contributed by atoms with Crippen LogP contribution in [0.2, 0.25) is 0 Å². The second-order valence-corrected chi connectivity index (χ2v) is 4.74. The zero-order valence-electron chi connectivity index (χ0n) is 11.2. The van der Waals surface area contributed by atoms with Crippen molar-refractivity contribution in [3.63, 3.8) is 0 Å². The molecule has 0 aliphatic carbocycles. The molecule has 18 heavy (non-hydrogen) atoms. The van der Waals surface area contributed by atoms with Crippen LogP contribution in [-0.4, -0.2) is 11.1 Å². The van der Waals surface area contributed by atoms with Crippen molar-refractivity contribution < 1.29 is 9.90 Å². The van der Waals surface area contributed by atoms with Crippen molar-refractivity contribution in [3.8, 4) is 0 Å². The minimum atomic E-state index is -0.882. The quantitative estimate of drug-likeness (QED) is 0.772. The average Bonchev–Trinajstić information content (AvgIpc) is 2.28. The molecule has 0 saturated carbocycles. The molecule has 0 aromatic heterocycles. The van der Waals surface area contributed by atoms with Crippen molar-refractivity contribution in [2.75, 3.05) is 0 Å². The van der Waals surface area contributed by atoms with Gasteiger partial charge in [0.15, 0.2) is 0 Å². The predicted octanol–water partition coefficient (Wildman–Crippen LogP) is 4.53. The first kappa shape index (κ1) is 14.2. The van der Waals surface area contributed by atoms with E-state index in [9.17, 15) is 4.79 Å². The van der Waals surface area contributed by atoms with Crippen LogP contribution in [0.1, 0.15) is 49.5 Å². The van der Waals surface area contributed by atoms with Gasteiger partial charge >= 0.3 is 5.97 Å². The standard InChI is InChI=1S/C16H20O2/c1-12(2)6-4-7-13(3)10-14-8-5-9-15(11-14)16(17)18/h5-6,8-11H,4,7H2,1-3H3,(H,17,18). The molecule has 0 fully saturated rings. The maximum absolute atomic E-state index is 10.9. The number of allylic oxidation sites excluding steroid dienone is 3. The fourth-order valence-electron chi connectivity index (χ4n) is 1.71. The summed E-state index contributed by atoms with van der Waals surface area (Å²) in [5.41, 5.74) is 3.87. The fraction of sp³-hybridized carbons (Fsp3) is 0.312. The molecule has 1 N–H and O–H groups in total. The summed E-state index contributed by atoms with van der Waals surface area (Å²) in [6.07, 6.45) is 6.29. The molecule has 2 nitrogen and oxygen atoms in total. The summed E-state index contributed by atoms with van der Waals surface area (Å²) in [5.74, 6) is -0.882. The second-order valence-electron chi connectivity index (χ2n) is 4.74. The van der Waals surface area contributed by atoms with E-state index in [1.807, 2.05) is 12.1 Å². The lowest BCUT2D eigenvalue weighted by atomic mass is 10.1. The van der Waals surface area contributed by atoms with Gasteiger partial charge in [-0.25, -0.2) is 4.79 Å². The molecular weight excluding hydrogens is 224 g/mol. The van der Waals surface area contributed by atoms with Gasteiger partial charge in [0.05, 0.1) is 5.56 Å². The molecule has 0 heterocycles. The number of carboxylic acid groups (broad SMARTS) is 1. The van der Waals surface area contributed by atoms with Gasteiger partial charge in [-0.2, -0.15) is 0 Å². The van der Waals surface area contributed by atoms with Crippen molar-refractivity contribution >= 4 is 12.0 Å². The van der Waals surface area contributed by atoms with E-state index >= 15 is 0 Å². The Hall–Kier alpha value is -1.83. The summed E-state index contributed by atoms with van der Waals surface area (Å²) in [4.78, 5) is 10.9. The third-order valence-electron chi connectivity index (χ3n) is 2.64. The Morgan fingerprint density at radius 2 is 2.00 bits per heavy atom. The Bertz CT molecular complexity index is 478. The van der Waals surface area contributed by atoms with E-state index in [0.717, 1.165) is 18.4 Å². The van der Waals surface area contributed by atoms with Crippen LogP contribution in [-0.2, 0) is 0 Å². The maximum Gasteiger partial charge on any atom is 0.335 e. The molecule has 0 aliphatic heterocycles.